The Bertz CT molecular complexity index is 1050. The second kappa shape index (κ2) is 8.54. The molecule has 1 aromatic carbocycles. The number of carbonyl (C=O) groups is 3. The van der Waals surface area contributed by atoms with Gasteiger partial charge in [0.15, 0.2) is 5.78 Å². The molecule has 5 rings (SSSR count). The normalized spacial score (nSPS) is 34.4. The smallest absolute Gasteiger partial charge is 0.340 e. The summed E-state index contributed by atoms with van der Waals surface area (Å²) in [5, 5.41) is 2.98. The number of ketones is 1. The third-order valence-electron chi connectivity index (χ3n) is 9.40. The van der Waals surface area contributed by atoms with Gasteiger partial charge >= 0.3 is 12.0 Å². The number of ether oxygens (including phenoxy) is 1. The second-order valence-electron chi connectivity index (χ2n) is 11.2. The Morgan fingerprint density at radius 2 is 1.91 bits per heavy atom. The van der Waals surface area contributed by atoms with E-state index in [4.69, 9.17) is 4.74 Å². The van der Waals surface area contributed by atoms with Gasteiger partial charge < -0.3 is 10.1 Å². The summed E-state index contributed by atoms with van der Waals surface area (Å²) in [6.45, 7) is 7.37. The van der Waals surface area contributed by atoms with Gasteiger partial charge in [-0.3, -0.25) is 9.69 Å². The van der Waals surface area contributed by atoms with Crippen molar-refractivity contribution in [2.24, 2.45) is 28.6 Å². The van der Waals surface area contributed by atoms with E-state index in [2.05, 4.69) is 19.2 Å². The Kier molecular flexibility index (Phi) is 5.81. The van der Waals surface area contributed by atoms with Crippen LogP contribution < -0.4 is 5.32 Å². The van der Waals surface area contributed by atoms with E-state index in [1.165, 1.54) is 32.1 Å². The fraction of sp³-hybridized carbons (Fsp3) is 0.607. The van der Waals surface area contributed by atoms with E-state index in [0.717, 1.165) is 12.1 Å². The second-order valence-corrected chi connectivity index (χ2v) is 11.2. The molecule has 2 saturated carbocycles. The molecule has 3 aliphatic carbocycles. The Labute approximate surface area is 202 Å². The monoisotopic (exact) mass is 464 g/mol. The van der Waals surface area contributed by atoms with E-state index in [-0.39, 0.29) is 23.8 Å². The van der Waals surface area contributed by atoms with Gasteiger partial charge in [0.05, 0.1) is 17.9 Å². The van der Waals surface area contributed by atoms with Gasteiger partial charge in [-0.15, -0.1) is 0 Å². The Morgan fingerprint density at radius 3 is 2.71 bits per heavy atom. The number of para-hydroxylation sites is 1. The van der Waals surface area contributed by atoms with Crippen LogP contribution in [0.5, 0.6) is 0 Å². The standard InChI is InChI=1S/C28H36N2O4/c1-4-34-25(32)19-8-5-6-10-23(19)29-26(33)30-17-20-21-9-7-13-27(21,2)14-12-22(20)28(3)15-11-18(31)16-24(28)30/h5-6,8,10,16,20-22H,4,7,9,11-15,17H2,1-3H3,(H,29,33)/t20-,21-,22-,27-,28+/m0/s1. The molecule has 0 radical (unpaired) electrons. The summed E-state index contributed by atoms with van der Waals surface area (Å²) in [4.78, 5) is 40.5. The van der Waals surface area contributed by atoms with Crippen molar-refractivity contribution < 1.29 is 19.1 Å². The highest BCUT2D eigenvalue weighted by Crippen LogP contribution is 2.63. The number of carbonyl (C=O) groups excluding carboxylic acids is 3. The quantitative estimate of drug-likeness (QED) is 0.574. The zero-order valence-electron chi connectivity index (χ0n) is 20.6. The van der Waals surface area contributed by atoms with Gasteiger partial charge in [-0.1, -0.05) is 32.4 Å². The molecule has 1 aromatic rings. The summed E-state index contributed by atoms with van der Waals surface area (Å²) in [6.07, 6.45) is 9.25. The number of allylic oxidation sites excluding steroid dienone is 2. The van der Waals surface area contributed by atoms with Crippen molar-refractivity contribution in [3.8, 4) is 0 Å². The summed E-state index contributed by atoms with van der Waals surface area (Å²) >= 11 is 0. The van der Waals surface area contributed by atoms with Gasteiger partial charge in [-0.2, -0.15) is 0 Å². The number of fused-ring (bicyclic) bond motifs is 5. The lowest BCUT2D eigenvalue weighted by molar-refractivity contribution is -0.118. The maximum atomic E-state index is 13.8. The zero-order chi connectivity index (χ0) is 24.1. The molecular weight excluding hydrogens is 428 g/mol. The maximum Gasteiger partial charge on any atom is 0.340 e. The van der Waals surface area contributed by atoms with E-state index in [9.17, 15) is 14.4 Å². The van der Waals surface area contributed by atoms with Crippen LogP contribution in [0.3, 0.4) is 0 Å². The van der Waals surface area contributed by atoms with Crippen molar-refractivity contribution in [3.05, 3.63) is 41.6 Å². The molecule has 0 unspecified atom stereocenters. The molecule has 1 aliphatic heterocycles. The average Bonchev–Trinajstić information content (AvgIpc) is 3.21. The molecule has 1 heterocycles. The lowest BCUT2D eigenvalue weighted by Gasteiger charge is -2.59. The van der Waals surface area contributed by atoms with Gasteiger partial charge in [0.1, 0.15) is 0 Å². The van der Waals surface area contributed by atoms with Crippen LogP contribution in [0.15, 0.2) is 36.0 Å². The first-order valence-corrected chi connectivity index (χ1v) is 12.9. The number of hydrogen-bond acceptors (Lipinski definition) is 4. The minimum absolute atomic E-state index is 0.0946. The van der Waals surface area contributed by atoms with Crippen LogP contribution >= 0.6 is 0 Å². The summed E-state index contributed by atoms with van der Waals surface area (Å²) < 4.78 is 5.18. The van der Waals surface area contributed by atoms with Crippen LogP contribution in [-0.4, -0.2) is 35.8 Å². The first-order chi connectivity index (χ1) is 16.3. The average molecular weight is 465 g/mol. The van der Waals surface area contributed by atoms with Crippen LogP contribution in [-0.2, 0) is 9.53 Å². The fourth-order valence-corrected chi connectivity index (χ4v) is 7.65. The van der Waals surface area contributed by atoms with E-state index >= 15 is 0 Å². The predicted octanol–water partition coefficient (Wildman–Crippen LogP) is 5.80. The van der Waals surface area contributed by atoms with Crippen molar-refractivity contribution in [1.29, 1.82) is 0 Å². The van der Waals surface area contributed by atoms with Gasteiger partial charge in [0.25, 0.3) is 0 Å². The summed E-state index contributed by atoms with van der Waals surface area (Å²) in [6, 6.07) is 6.68. The highest BCUT2D eigenvalue weighted by atomic mass is 16.5. The Balaban J connectivity index is 1.49. The third-order valence-corrected chi connectivity index (χ3v) is 9.40. The SMILES string of the molecule is CCOC(=O)c1ccccc1NC(=O)N1C[C@H]2[C@@H]3CCC[C@@]3(C)CC[C@@H]2[C@@]2(C)CCC(=O)C=C12. The third kappa shape index (κ3) is 3.66. The van der Waals surface area contributed by atoms with Gasteiger partial charge in [0, 0.05) is 30.2 Å². The zero-order valence-corrected chi connectivity index (χ0v) is 20.6. The first kappa shape index (κ1) is 23.1. The molecule has 6 nitrogen and oxygen atoms in total. The van der Waals surface area contributed by atoms with Gasteiger partial charge in [-0.25, -0.2) is 9.59 Å². The lowest BCUT2D eigenvalue weighted by Crippen LogP contribution is -2.59. The number of likely N-dealkylation sites (tertiary alicyclic amines) is 1. The molecule has 0 aromatic heterocycles. The van der Waals surface area contributed by atoms with Crippen LogP contribution in [0.25, 0.3) is 0 Å². The van der Waals surface area contributed by atoms with E-state index in [0.29, 0.717) is 47.4 Å². The molecule has 1 saturated heterocycles. The van der Waals surface area contributed by atoms with E-state index in [1.54, 1.807) is 37.3 Å². The van der Waals surface area contributed by atoms with E-state index in [1.807, 2.05) is 4.90 Å². The molecule has 2 amide bonds. The maximum absolute atomic E-state index is 13.8. The van der Waals surface area contributed by atoms with Gasteiger partial charge in [-0.05, 0) is 74.3 Å². The molecule has 3 fully saturated rings. The van der Waals surface area contributed by atoms with Crippen molar-refractivity contribution in [2.45, 2.75) is 65.7 Å². The topological polar surface area (TPSA) is 75.7 Å². The molecule has 4 aliphatic rings. The largest absolute Gasteiger partial charge is 0.462 e. The highest BCUT2D eigenvalue weighted by molar-refractivity contribution is 6.01. The van der Waals surface area contributed by atoms with Crippen LogP contribution in [0.1, 0.15) is 76.1 Å². The number of rotatable bonds is 3. The number of amides is 2. The van der Waals surface area contributed by atoms with Crippen LogP contribution in [0.2, 0.25) is 0 Å². The van der Waals surface area contributed by atoms with Crippen molar-refractivity contribution in [2.75, 3.05) is 18.5 Å². The number of piperidine rings is 1. The molecular formula is C28H36N2O4. The number of nitrogens with zero attached hydrogens (tertiary/aromatic N) is 1. The molecule has 6 heteroatoms. The minimum Gasteiger partial charge on any atom is -0.462 e. The molecule has 0 spiro atoms. The molecule has 5 atom stereocenters. The number of benzene rings is 1. The Morgan fingerprint density at radius 1 is 1.12 bits per heavy atom. The fourth-order valence-electron chi connectivity index (χ4n) is 7.65. The van der Waals surface area contributed by atoms with Crippen molar-refractivity contribution in [3.63, 3.8) is 0 Å². The predicted molar refractivity (Wildman–Crippen MR) is 130 cm³/mol. The minimum atomic E-state index is -0.456. The van der Waals surface area contributed by atoms with Crippen molar-refractivity contribution >= 4 is 23.5 Å². The van der Waals surface area contributed by atoms with Gasteiger partial charge in [0.2, 0.25) is 0 Å². The number of anilines is 1. The highest BCUT2D eigenvalue weighted by Gasteiger charge is 2.58. The molecule has 34 heavy (non-hydrogen) atoms. The molecule has 182 valence electrons. The molecule has 0 bridgehead atoms. The first-order valence-electron chi connectivity index (χ1n) is 12.9. The number of nitrogens with one attached hydrogen (secondary N) is 1. The number of esters is 1. The van der Waals surface area contributed by atoms with Crippen LogP contribution in [0, 0.1) is 28.6 Å². The van der Waals surface area contributed by atoms with Crippen molar-refractivity contribution in [1.82, 2.24) is 4.90 Å². The molecule has 1 N–H and O–H groups in total. The lowest BCUT2D eigenvalue weighted by atomic mass is 9.50. The number of hydrogen-bond donors (Lipinski definition) is 1. The summed E-state index contributed by atoms with van der Waals surface area (Å²) in [5.74, 6) is 1.19. The summed E-state index contributed by atoms with van der Waals surface area (Å²) in [5.41, 5.74) is 1.82. The Hall–Kier alpha value is -2.63. The number of urea groups is 1. The van der Waals surface area contributed by atoms with E-state index < -0.39 is 5.97 Å². The van der Waals surface area contributed by atoms with Crippen LogP contribution in [0.4, 0.5) is 10.5 Å². The summed E-state index contributed by atoms with van der Waals surface area (Å²) in [7, 11) is 0.